The normalized spacial score (nSPS) is 18.1. The van der Waals surface area contributed by atoms with Crippen LogP contribution in [0.15, 0.2) is 79.1 Å². The maximum absolute atomic E-state index is 13.7. The molecule has 0 spiro atoms. The van der Waals surface area contributed by atoms with E-state index in [1.54, 1.807) is 12.3 Å². The van der Waals surface area contributed by atoms with E-state index in [1.807, 2.05) is 47.5 Å². The summed E-state index contributed by atoms with van der Waals surface area (Å²) in [4.78, 5) is 20.0. The molecule has 2 amide bonds. The molecule has 3 heterocycles. The van der Waals surface area contributed by atoms with Crippen LogP contribution in [0.1, 0.15) is 55.3 Å². The van der Waals surface area contributed by atoms with E-state index in [9.17, 15) is 4.79 Å². The van der Waals surface area contributed by atoms with Crippen molar-refractivity contribution in [3.63, 3.8) is 0 Å². The Bertz CT molecular complexity index is 1500. The molecule has 41 heavy (non-hydrogen) atoms. The molecule has 2 aromatic carbocycles. The van der Waals surface area contributed by atoms with Crippen molar-refractivity contribution in [1.82, 2.24) is 20.1 Å². The van der Waals surface area contributed by atoms with Crippen molar-refractivity contribution in [3.8, 4) is 17.2 Å². The van der Waals surface area contributed by atoms with Crippen LogP contribution in [0.2, 0.25) is 0 Å². The van der Waals surface area contributed by atoms with Crippen molar-refractivity contribution in [3.05, 3.63) is 95.9 Å². The number of carbonyl (C=O) groups excluding carboxylic acids is 1. The predicted octanol–water partition coefficient (Wildman–Crippen LogP) is 6.29. The number of nitriles is 1. The van der Waals surface area contributed by atoms with Crippen molar-refractivity contribution >= 4 is 17.5 Å². The van der Waals surface area contributed by atoms with E-state index < -0.39 is 0 Å². The number of amides is 2. The van der Waals surface area contributed by atoms with Gasteiger partial charge in [0.1, 0.15) is 11.9 Å². The molecule has 0 radical (unpaired) electrons. The van der Waals surface area contributed by atoms with Crippen LogP contribution in [0.5, 0.6) is 0 Å². The molecule has 8 heteroatoms. The summed E-state index contributed by atoms with van der Waals surface area (Å²) in [5, 5.41) is 20.3. The van der Waals surface area contributed by atoms with E-state index in [2.05, 4.69) is 55.7 Å². The van der Waals surface area contributed by atoms with Gasteiger partial charge in [-0.1, -0.05) is 42.5 Å². The van der Waals surface area contributed by atoms with Gasteiger partial charge in [-0.2, -0.15) is 10.4 Å². The molecule has 2 N–H and O–H groups in total. The largest absolute Gasteiger partial charge is 0.367 e. The molecule has 1 aliphatic heterocycles. The average Bonchev–Trinajstić information content (AvgIpc) is 3.47. The number of rotatable bonds is 7. The number of urea groups is 1. The number of hydrogen-bond acceptors (Lipinski definition) is 5. The van der Waals surface area contributed by atoms with Crippen LogP contribution in [0, 0.1) is 11.3 Å². The maximum atomic E-state index is 13.7. The van der Waals surface area contributed by atoms with Crippen molar-refractivity contribution in [2.24, 2.45) is 0 Å². The average molecular weight is 546 g/mol. The first-order chi connectivity index (χ1) is 20.2. The Morgan fingerprint density at radius 3 is 2.51 bits per heavy atom. The van der Waals surface area contributed by atoms with E-state index in [0.717, 1.165) is 61.3 Å². The highest BCUT2D eigenvalue weighted by molar-refractivity contribution is 5.93. The number of carbonyl (C=O) groups is 1. The third-order valence-electron chi connectivity index (χ3n) is 8.25. The number of benzene rings is 2. The van der Waals surface area contributed by atoms with Gasteiger partial charge in [-0.05, 0) is 80.3 Å². The molecule has 1 fully saturated rings. The smallest absolute Gasteiger partial charge is 0.322 e. The van der Waals surface area contributed by atoms with Gasteiger partial charge in [0, 0.05) is 48.3 Å². The number of pyridine rings is 1. The predicted molar refractivity (Wildman–Crippen MR) is 160 cm³/mol. The minimum absolute atomic E-state index is 0.0744. The molecule has 1 aliphatic carbocycles. The van der Waals surface area contributed by atoms with Gasteiger partial charge in [0.25, 0.3) is 0 Å². The summed E-state index contributed by atoms with van der Waals surface area (Å²) in [6.07, 6.45) is 10.6. The van der Waals surface area contributed by atoms with Crippen LogP contribution < -0.4 is 15.5 Å². The van der Waals surface area contributed by atoms with Crippen LogP contribution in [-0.4, -0.2) is 32.9 Å². The first-order valence-electron chi connectivity index (χ1n) is 14.6. The third-order valence-corrected chi connectivity index (χ3v) is 8.25. The summed E-state index contributed by atoms with van der Waals surface area (Å²) in [5.41, 5.74) is 6.18. The molecule has 208 valence electrons. The lowest BCUT2D eigenvalue weighted by Gasteiger charge is -2.37. The Labute approximate surface area is 241 Å². The number of aryl methyl sites for hydroxylation is 1. The van der Waals surface area contributed by atoms with E-state index >= 15 is 0 Å². The van der Waals surface area contributed by atoms with Gasteiger partial charge in [0.05, 0.1) is 11.8 Å². The molecule has 0 unspecified atom stereocenters. The quantitative estimate of drug-likeness (QED) is 0.284. The van der Waals surface area contributed by atoms with Crippen LogP contribution in [0.25, 0.3) is 11.1 Å². The van der Waals surface area contributed by atoms with Gasteiger partial charge in [0.15, 0.2) is 0 Å². The first-order valence-corrected chi connectivity index (χ1v) is 14.6. The number of aromatic nitrogens is 3. The second-order valence-corrected chi connectivity index (χ2v) is 10.9. The second kappa shape index (κ2) is 12.3. The molecule has 2 aromatic heterocycles. The Morgan fingerprint density at radius 2 is 1.78 bits per heavy atom. The molecule has 2 aliphatic rings. The Kier molecular flexibility index (Phi) is 7.94. The summed E-state index contributed by atoms with van der Waals surface area (Å²) in [7, 11) is 0. The fraction of sp³-hybridized carbons (Fsp3) is 0.333. The lowest BCUT2D eigenvalue weighted by Crippen LogP contribution is -2.48. The summed E-state index contributed by atoms with van der Waals surface area (Å²) in [6.45, 7) is 1.47. The fourth-order valence-electron chi connectivity index (χ4n) is 6.05. The summed E-state index contributed by atoms with van der Waals surface area (Å²) < 4.78 is 2.13. The van der Waals surface area contributed by atoms with Crippen LogP contribution in [-0.2, 0) is 19.5 Å². The number of nitrogens with zero attached hydrogens (tertiary/aromatic N) is 5. The van der Waals surface area contributed by atoms with E-state index in [4.69, 9.17) is 5.26 Å². The van der Waals surface area contributed by atoms with Crippen molar-refractivity contribution in [2.45, 2.75) is 70.1 Å². The molecule has 0 bridgehead atoms. The van der Waals surface area contributed by atoms with E-state index in [1.165, 1.54) is 24.1 Å². The lowest BCUT2D eigenvalue weighted by molar-refractivity contribution is 0.240. The highest BCUT2D eigenvalue weighted by Gasteiger charge is 2.30. The Balaban J connectivity index is 1.18. The number of anilines is 2. The summed E-state index contributed by atoms with van der Waals surface area (Å²) >= 11 is 0. The zero-order valence-electron chi connectivity index (χ0n) is 23.2. The minimum atomic E-state index is -0.0744. The zero-order valence-corrected chi connectivity index (χ0v) is 23.2. The highest BCUT2D eigenvalue weighted by atomic mass is 16.2. The van der Waals surface area contributed by atoms with Gasteiger partial charge >= 0.3 is 6.03 Å². The SMILES string of the molecule is N#Cc1ccc(N[C@H]2CC[C@@H](N(C(=O)NCc3ccccc3)c3ccc(-c4cnn5c4CCCC5)cc3)CC2)nc1. The molecular weight excluding hydrogens is 510 g/mol. The molecule has 1 saturated carbocycles. The van der Waals surface area contributed by atoms with E-state index in [0.29, 0.717) is 12.1 Å². The summed E-state index contributed by atoms with van der Waals surface area (Å²) in [5.74, 6) is 0.780. The number of hydrogen-bond donors (Lipinski definition) is 2. The van der Waals surface area contributed by atoms with Gasteiger partial charge in [-0.3, -0.25) is 9.58 Å². The molecule has 8 nitrogen and oxygen atoms in total. The van der Waals surface area contributed by atoms with Crippen molar-refractivity contribution in [1.29, 1.82) is 5.26 Å². The topological polar surface area (TPSA) is 98.9 Å². The maximum Gasteiger partial charge on any atom is 0.322 e. The van der Waals surface area contributed by atoms with Crippen molar-refractivity contribution < 1.29 is 4.79 Å². The molecular formula is C33H35N7O. The Morgan fingerprint density at radius 1 is 0.976 bits per heavy atom. The van der Waals surface area contributed by atoms with Crippen molar-refractivity contribution in [2.75, 3.05) is 10.2 Å². The van der Waals surface area contributed by atoms with Gasteiger partial charge in [0.2, 0.25) is 0 Å². The number of fused-ring (bicyclic) bond motifs is 1. The second-order valence-electron chi connectivity index (χ2n) is 10.9. The van der Waals surface area contributed by atoms with Crippen LogP contribution in [0.4, 0.5) is 16.3 Å². The summed E-state index contributed by atoms with van der Waals surface area (Å²) in [6, 6.07) is 24.5. The lowest BCUT2D eigenvalue weighted by atomic mass is 9.89. The minimum Gasteiger partial charge on any atom is -0.367 e. The van der Waals surface area contributed by atoms with Crippen LogP contribution in [0.3, 0.4) is 0 Å². The molecule has 0 atom stereocenters. The van der Waals surface area contributed by atoms with Gasteiger partial charge in [-0.15, -0.1) is 0 Å². The molecule has 6 rings (SSSR count). The van der Waals surface area contributed by atoms with Crippen LogP contribution >= 0.6 is 0 Å². The molecule has 4 aromatic rings. The monoisotopic (exact) mass is 545 g/mol. The number of nitrogens with one attached hydrogen (secondary N) is 2. The standard InChI is InChI=1S/C33H35N7O/c34-20-25-9-18-32(35-22-25)38-27-12-16-29(17-13-27)40(33(41)36-21-24-6-2-1-3-7-24)28-14-10-26(11-15-28)30-23-37-39-19-5-4-8-31(30)39/h1-3,6-7,9-11,14-15,18,22-23,27,29H,4-5,8,12-13,16-17,19,21H2,(H,35,38)(H,36,41)/t27-,29+. The zero-order chi connectivity index (χ0) is 28.0. The molecule has 0 saturated heterocycles. The fourth-order valence-corrected chi connectivity index (χ4v) is 6.05. The van der Waals surface area contributed by atoms with E-state index in [-0.39, 0.29) is 18.1 Å². The Hall–Kier alpha value is -4.64. The third kappa shape index (κ3) is 6.09. The highest BCUT2D eigenvalue weighted by Crippen LogP contribution is 2.33. The van der Waals surface area contributed by atoms with Gasteiger partial charge in [-0.25, -0.2) is 9.78 Å². The van der Waals surface area contributed by atoms with Gasteiger partial charge < -0.3 is 10.6 Å². The first kappa shape index (κ1) is 26.6.